The largest absolute Gasteiger partial charge is 0.506 e. The highest BCUT2D eigenvalue weighted by Crippen LogP contribution is 2.27. The van der Waals surface area contributed by atoms with Gasteiger partial charge >= 0.3 is 0 Å². The molecule has 192 valence electrons. The minimum absolute atomic E-state index is 0.0214. The summed E-state index contributed by atoms with van der Waals surface area (Å²) in [4.78, 5) is 16.9. The zero-order valence-corrected chi connectivity index (χ0v) is 21.3. The van der Waals surface area contributed by atoms with Crippen molar-refractivity contribution in [1.82, 2.24) is 10.3 Å². The van der Waals surface area contributed by atoms with Gasteiger partial charge in [0.1, 0.15) is 11.6 Å². The van der Waals surface area contributed by atoms with E-state index in [1.54, 1.807) is 36.5 Å². The summed E-state index contributed by atoms with van der Waals surface area (Å²) < 4.78 is 24.3. The lowest BCUT2D eigenvalue weighted by molar-refractivity contribution is 0.102. The topological polar surface area (TPSA) is 155 Å². The fraction of sp³-hybridized carbons (Fsp3) is 0.308. The molecule has 0 aliphatic carbocycles. The van der Waals surface area contributed by atoms with Crippen LogP contribution in [-0.4, -0.2) is 47.4 Å². The predicted octanol–water partition coefficient (Wildman–Crippen LogP) is 3.06. The molecule has 0 radical (unpaired) electrons. The zero-order chi connectivity index (χ0) is 26.5. The molecule has 6 N–H and O–H groups in total. The molecule has 1 atom stereocenters. The highest BCUT2D eigenvalue weighted by Gasteiger charge is 2.21. The molecule has 1 heterocycles. The molecule has 0 fully saturated rings. The monoisotopic (exact) mass is 512 g/mol. The minimum Gasteiger partial charge on any atom is -0.506 e. The number of benzene rings is 2. The van der Waals surface area contributed by atoms with Gasteiger partial charge in [0, 0.05) is 29.4 Å². The number of amides is 1. The maximum absolute atomic E-state index is 12.9. The number of hydrogen-bond acceptors (Lipinski definition) is 8. The van der Waals surface area contributed by atoms with Crippen LogP contribution in [0.3, 0.4) is 0 Å². The molecule has 0 saturated carbocycles. The molecule has 3 rings (SSSR count). The van der Waals surface area contributed by atoms with Gasteiger partial charge in [0.2, 0.25) is 0 Å². The molecule has 9 nitrogen and oxygen atoms in total. The fourth-order valence-corrected chi connectivity index (χ4v) is 4.58. The number of carbonyl (C=O) groups is 1. The Balaban J connectivity index is 1.67. The van der Waals surface area contributed by atoms with Gasteiger partial charge in [-0.2, -0.15) is 0 Å². The van der Waals surface area contributed by atoms with Crippen LogP contribution < -0.4 is 16.4 Å². The summed E-state index contributed by atoms with van der Waals surface area (Å²) in [6.45, 7) is 5.81. The molecule has 0 unspecified atom stereocenters. The Kier molecular flexibility index (Phi) is 8.34. The van der Waals surface area contributed by atoms with E-state index in [0.29, 0.717) is 29.9 Å². The van der Waals surface area contributed by atoms with Crippen molar-refractivity contribution in [3.8, 4) is 5.75 Å². The van der Waals surface area contributed by atoms with Crippen LogP contribution in [0.25, 0.3) is 0 Å². The number of phenolic OH excluding ortho intramolecular Hbond substituents is 1. The summed E-state index contributed by atoms with van der Waals surface area (Å²) in [6.07, 6.45) is 1.35. The molecule has 10 heteroatoms. The van der Waals surface area contributed by atoms with E-state index >= 15 is 0 Å². The minimum atomic E-state index is -3.49. The van der Waals surface area contributed by atoms with Gasteiger partial charge in [-0.25, -0.2) is 13.4 Å². The molecule has 0 aliphatic rings. The van der Waals surface area contributed by atoms with Crippen molar-refractivity contribution in [2.45, 2.75) is 43.7 Å². The van der Waals surface area contributed by atoms with Crippen LogP contribution in [-0.2, 0) is 16.3 Å². The number of pyridine rings is 1. The van der Waals surface area contributed by atoms with Crippen molar-refractivity contribution in [2.24, 2.45) is 0 Å². The third-order valence-electron chi connectivity index (χ3n) is 5.76. The standard InChI is InChI=1S/C26H32N4O5S/c1-4-36(34,35)20-9-10-22(31)21(13-20)30-25(33)18-7-5-6-17(12-18)14-26(2,3)29-16-23(32)19-8-11-24(27)28-15-19/h5-13,15,23,29,31-32H,4,14,16H2,1-3H3,(H2,27,28)(H,30,33)/t23-/m1/s1. The quantitative estimate of drug-likeness (QED) is 0.260. The van der Waals surface area contributed by atoms with Gasteiger partial charge in [-0.3, -0.25) is 4.79 Å². The fourth-order valence-electron chi connectivity index (χ4n) is 3.67. The number of nitrogens with two attached hydrogens (primary N) is 1. The Morgan fingerprint density at radius 3 is 2.56 bits per heavy atom. The number of β-amino-alcohol motifs (C(OH)–C–C–N with tert-alkyl or cyclic N) is 1. The third kappa shape index (κ3) is 7.03. The number of anilines is 2. The molecule has 0 bridgehead atoms. The second kappa shape index (κ2) is 11.1. The number of nitrogens with zero attached hydrogens (tertiary/aromatic N) is 1. The summed E-state index contributed by atoms with van der Waals surface area (Å²) >= 11 is 0. The highest BCUT2D eigenvalue weighted by atomic mass is 32.2. The molecular formula is C26H32N4O5S. The predicted molar refractivity (Wildman–Crippen MR) is 140 cm³/mol. The molecule has 0 saturated heterocycles. The Labute approximate surface area is 211 Å². The molecule has 0 aliphatic heterocycles. The Morgan fingerprint density at radius 1 is 1.14 bits per heavy atom. The van der Waals surface area contributed by atoms with Crippen LogP contribution in [0.1, 0.15) is 48.4 Å². The van der Waals surface area contributed by atoms with Crippen LogP contribution >= 0.6 is 0 Å². The molecule has 1 amide bonds. The molecule has 0 spiro atoms. The highest BCUT2D eigenvalue weighted by molar-refractivity contribution is 7.91. The molecule has 36 heavy (non-hydrogen) atoms. The van der Waals surface area contributed by atoms with E-state index in [0.717, 1.165) is 5.56 Å². The summed E-state index contributed by atoms with van der Waals surface area (Å²) in [5.74, 6) is -0.410. The maximum atomic E-state index is 12.9. The lowest BCUT2D eigenvalue weighted by Gasteiger charge is -2.28. The van der Waals surface area contributed by atoms with Crippen LogP contribution in [0.2, 0.25) is 0 Å². The van der Waals surface area contributed by atoms with Crippen LogP contribution in [0.4, 0.5) is 11.5 Å². The van der Waals surface area contributed by atoms with E-state index in [1.165, 1.54) is 25.1 Å². The van der Waals surface area contributed by atoms with Crippen molar-refractivity contribution in [3.63, 3.8) is 0 Å². The SMILES string of the molecule is CCS(=O)(=O)c1ccc(O)c(NC(=O)c2cccc(CC(C)(C)NC[C@@H](O)c3ccc(N)nc3)c2)c1. The normalized spacial score (nSPS) is 12.8. The molecule has 3 aromatic rings. The first kappa shape index (κ1) is 27.1. The van der Waals surface area contributed by atoms with Crippen molar-refractivity contribution >= 4 is 27.2 Å². The Hall–Kier alpha value is -3.47. The number of aromatic hydroxyl groups is 1. The van der Waals surface area contributed by atoms with Crippen molar-refractivity contribution in [3.05, 3.63) is 77.5 Å². The summed E-state index contributed by atoms with van der Waals surface area (Å²) in [5, 5.41) is 26.5. The number of aliphatic hydroxyl groups excluding tert-OH is 1. The average Bonchev–Trinajstić information content (AvgIpc) is 2.84. The Morgan fingerprint density at radius 2 is 1.89 bits per heavy atom. The first-order valence-corrected chi connectivity index (χ1v) is 13.2. The second-order valence-corrected chi connectivity index (χ2v) is 11.5. The van der Waals surface area contributed by atoms with Crippen LogP contribution in [0.15, 0.2) is 65.7 Å². The number of rotatable bonds is 10. The third-order valence-corrected chi connectivity index (χ3v) is 7.49. The van der Waals surface area contributed by atoms with Gasteiger partial charge in [-0.05, 0) is 62.2 Å². The smallest absolute Gasteiger partial charge is 0.255 e. The number of nitrogen functional groups attached to an aromatic ring is 1. The molecule has 2 aromatic carbocycles. The maximum Gasteiger partial charge on any atom is 0.255 e. The van der Waals surface area contributed by atoms with Crippen LogP contribution in [0.5, 0.6) is 5.75 Å². The van der Waals surface area contributed by atoms with Crippen LogP contribution in [0, 0.1) is 0 Å². The first-order chi connectivity index (χ1) is 16.9. The lowest BCUT2D eigenvalue weighted by Crippen LogP contribution is -2.43. The average molecular weight is 513 g/mol. The van der Waals surface area contributed by atoms with E-state index in [4.69, 9.17) is 5.73 Å². The zero-order valence-electron chi connectivity index (χ0n) is 20.5. The van der Waals surface area contributed by atoms with Gasteiger partial charge in [-0.1, -0.05) is 25.1 Å². The van der Waals surface area contributed by atoms with E-state index in [9.17, 15) is 23.4 Å². The second-order valence-electron chi connectivity index (χ2n) is 9.21. The number of sulfone groups is 1. The van der Waals surface area contributed by atoms with Gasteiger partial charge in [0.25, 0.3) is 5.91 Å². The Bertz CT molecular complexity index is 1320. The van der Waals surface area contributed by atoms with Gasteiger partial charge in [0.15, 0.2) is 9.84 Å². The van der Waals surface area contributed by atoms with E-state index in [2.05, 4.69) is 15.6 Å². The van der Waals surface area contributed by atoms with E-state index in [-0.39, 0.29) is 22.1 Å². The first-order valence-electron chi connectivity index (χ1n) is 11.5. The van der Waals surface area contributed by atoms with Gasteiger partial charge in [-0.15, -0.1) is 0 Å². The van der Waals surface area contributed by atoms with Crippen molar-refractivity contribution < 1.29 is 23.4 Å². The van der Waals surface area contributed by atoms with Crippen molar-refractivity contribution in [2.75, 3.05) is 23.3 Å². The number of aliphatic hydroxyl groups is 1. The number of carbonyl (C=O) groups excluding carboxylic acids is 1. The number of phenols is 1. The van der Waals surface area contributed by atoms with Crippen molar-refractivity contribution in [1.29, 1.82) is 0 Å². The summed E-state index contributed by atoms with van der Waals surface area (Å²) in [7, 11) is -3.49. The number of nitrogens with one attached hydrogen (secondary N) is 2. The molecular weight excluding hydrogens is 480 g/mol. The summed E-state index contributed by atoms with van der Waals surface area (Å²) in [6, 6.07) is 14.2. The summed E-state index contributed by atoms with van der Waals surface area (Å²) in [5.41, 5.74) is 7.12. The molecule has 1 aromatic heterocycles. The number of hydrogen-bond donors (Lipinski definition) is 5. The van der Waals surface area contributed by atoms with Gasteiger partial charge in [0.05, 0.1) is 22.4 Å². The van der Waals surface area contributed by atoms with E-state index in [1.807, 2.05) is 19.9 Å². The van der Waals surface area contributed by atoms with E-state index < -0.39 is 27.4 Å². The number of aromatic nitrogens is 1. The van der Waals surface area contributed by atoms with Gasteiger partial charge < -0.3 is 26.6 Å². The lowest BCUT2D eigenvalue weighted by atomic mass is 9.93.